The van der Waals surface area contributed by atoms with Gasteiger partial charge < -0.3 is 9.47 Å². The molecule has 1 unspecified atom stereocenters. The maximum atomic E-state index is 10.9. The van der Waals surface area contributed by atoms with Crippen molar-refractivity contribution >= 4 is 5.97 Å². The van der Waals surface area contributed by atoms with Gasteiger partial charge in [-0.2, -0.15) is 0 Å². The van der Waals surface area contributed by atoms with Gasteiger partial charge in [0.05, 0.1) is 6.61 Å². The highest BCUT2D eigenvalue weighted by molar-refractivity contribution is 5.69. The topological polar surface area (TPSA) is 35.5 Å². The normalized spacial score (nSPS) is 23.5. The highest BCUT2D eigenvalue weighted by atomic mass is 16.7. The van der Waals surface area contributed by atoms with Crippen molar-refractivity contribution in [3.05, 3.63) is 0 Å². The van der Waals surface area contributed by atoms with Gasteiger partial charge in [0, 0.05) is 12.8 Å². The predicted octanol–water partition coefficient (Wildman–Crippen LogP) is 1.47. The number of hydrogen-bond acceptors (Lipinski definition) is 3. The third-order valence-electron chi connectivity index (χ3n) is 1.60. The zero-order chi connectivity index (χ0) is 8.10. The Morgan fingerprint density at radius 2 is 2.55 bits per heavy atom. The predicted molar refractivity (Wildman–Crippen MR) is 40.0 cm³/mol. The lowest BCUT2D eigenvalue weighted by Crippen LogP contribution is -2.16. The van der Waals surface area contributed by atoms with E-state index in [0.717, 1.165) is 25.9 Å². The lowest BCUT2D eigenvalue weighted by molar-refractivity contribution is -0.169. The molecule has 0 bridgehead atoms. The highest BCUT2D eigenvalue weighted by Gasteiger charge is 2.18. The molecule has 0 saturated carbocycles. The zero-order valence-corrected chi connectivity index (χ0v) is 6.84. The number of rotatable bonds is 3. The van der Waals surface area contributed by atoms with Gasteiger partial charge in [-0.25, -0.2) is 0 Å². The van der Waals surface area contributed by atoms with E-state index in [1.165, 1.54) is 0 Å². The summed E-state index contributed by atoms with van der Waals surface area (Å²) in [6, 6.07) is 0. The molecule has 3 heteroatoms. The average Bonchev–Trinajstić information content (AvgIpc) is 2.40. The fraction of sp³-hybridized carbons (Fsp3) is 0.875. The summed E-state index contributed by atoms with van der Waals surface area (Å²) in [5.41, 5.74) is 0. The number of carbonyl (C=O) groups is 1. The molecule has 0 aromatic heterocycles. The molecule has 0 N–H and O–H groups in total. The number of carbonyl (C=O) groups excluding carboxylic acids is 1. The van der Waals surface area contributed by atoms with Crippen molar-refractivity contribution in [2.24, 2.45) is 0 Å². The fourth-order valence-electron chi connectivity index (χ4n) is 1.05. The van der Waals surface area contributed by atoms with Gasteiger partial charge in [0.15, 0.2) is 0 Å². The minimum Gasteiger partial charge on any atom is -0.436 e. The van der Waals surface area contributed by atoms with E-state index < -0.39 is 0 Å². The van der Waals surface area contributed by atoms with Crippen LogP contribution in [0.1, 0.15) is 32.6 Å². The first-order valence-corrected chi connectivity index (χ1v) is 4.14. The molecular formula is C8H14O3. The molecule has 11 heavy (non-hydrogen) atoms. The quantitative estimate of drug-likeness (QED) is 0.583. The van der Waals surface area contributed by atoms with Gasteiger partial charge in [0.1, 0.15) is 0 Å². The van der Waals surface area contributed by atoms with Crippen LogP contribution in [-0.4, -0.2) is 18.9 Å². The van der Waals surface area contributed by atoms with Crippen molar-refractivity contribution in [1.82, 2.24) is 0 Å². The van der Waals surface area contributed by atoms with Crippen LogP contribution in [0.5, 0.6) is 0 Å². The van der Waals surface area contributed by atoms with Crippen LogP contribution in [-0.2, 0) is 14.3 Å². The highest BCUT2D eigenvalue weighted by Crippen LogP contribution is 2.13. The van der Waals surface area contributed by atoms with Gasteiger partial charge in [0.25, 0.3) is 0 Å². The van der Waals surface area contributed by atoms with Crippen molar-refractivity contribution < 1.29 is 14.3 Å². The van der Waals surface area contributed by atoms with E-state index >= 15 is 0 Å². The summed E-state index contributed by atoms with van der Waals surface area (Å²) in [6.45, 7) is 2.68. The first-order chi connectivity index (χ1) is 5.33. The molecule has 3 nitrogen and oxygen atoms in total. The van der Waals surface area contributed by atoms with Crippen molar-refractivity contribution in [1.29, 1.82) is 0 Å². The Kier molecular flexibility index (Phi) is 3.36. The Hall–Kier alpha value is -0.570. The molecule has 1 atom stereocenters. The lowest BCUT2D eigenvalue weighted by atomic mass is 10.3. The van der Waals surface area contributed by atoms with Gasteiger partial charge in [-0.1, -0.05) is 6.92 Å². The van der Waals surface area contributed by atoms with Crippen molar-refractivity contribution in [2.45, 2.75) is 38.9 Å². The molecular weight excluding hydrogens is 144 g/mol. The molecule has 0 amide bonds. The second-order valence-electron chi connectivity index (χ2n) is 2.68. The molecule has 1 aliphatic rings. The van der Waals surface area contributed by atoms with E-state index in [-0.39, 0.29) is 12.3 Å². The van der Waals surface area contributed by atoms with Crippen LogP contribution in [0.3, 0.4) is 0 Å². The molecule has 0 aromatic rings. The minimum atomic E-state index is -0.256. The number of esters is 1. The monoisotopic (exact) mass is 158 g/mol. The van der Waals surface area contributed by atoms with Crippen LogP contribution in [0.4, 0.5) is 0 Å². The Morgan fingerprint density at radius 1 is 1.73 bits per heavy atom. The molecule has 0 aliphatic carbocycles. The fourth-order valence-corrected chi connectivity index (χ4v) is 1.05. The summed E-state index contributed by atoms with van der Waals surface area (Å²) in [4.78, 5) is 10.9. The van der Waals surface area contributed by atoms with Crippen molar-refractivity contribution in [2.75, 3.05) is 6.61 Å². The zero-order valence-electron chi connectivity index (χ0n) is 6.84. The maximum absolute atomic E-state index is 10.9. The Labute approximate surface area is 66.7 Å². The average molecular weight is 158 g/mol. The van der Waals surface area contributed by atoms with Crippen LogP contribution in [0.15, 0.2) is 0 Å². The number of hydrogen-bond donors (Lipinski definition) is 0. The molecule has 1 aliphatic heterocycles. The van der Waals surface area contributed by atoms with E-state index in [4.69, 9.17) is 9.47 Å². The summed E-state index contributed by atoms with van der Waals surface area (Å²) >= 11 is 0. The van der Waals surface area contributed by atoms with Crippen LogP contribution in [0.25, 0.3) is 0 Å². The van der Waals surface area contributed by atoms with Crippen molar-refractivity contribution in [3.8, 4) is 0 Å². The molecule has 1 heterocycles. The van der Waals surface area contributed by atoms with E-state index in [2.05, 4.69) is 0 Å². The molecule has 1 fully saturated rings. The van der Waals surface area contributed by atoms with Gasteiger partial charge >= 0.3 is 5.97 Å². The Balaban J connectivity index is 2.13. The first-order valence-electron chi connectivity index (χ1n) is 4.14. The van der Waals surface area contributed by atoms with E-state index in [1.807, 2.05) is 6.92 Å². The largest absolute Gasteiger partial charge is 0.436 e. The maximum Gasteiger partial charge on any atom is 0.308 e. The third-order valence-corrected chi connectivity index (χ3v) is 1.60. The van der Waals surface area contributed by atoms with E-state index in [9.17, 15) is 4.79 Å². The standard InChI is InChI=1S/C8H14O3/c1-2-4-7(9)11-8-5-3-6-10-8/h8H,2-6H2,1H3. The molecule has 0 aromatic carbocycles. The van der Waals surface area contributed by atoms with Crippen molar-refractivity contribution in [3.63, 3.8) is 0 Å². The summed E-state index contributed by atoms with van der Waals surface area (Å²) in [5.74, 6) is -0.139. The Bertz CT molecular complexity index is 127. The minimum absolute atomic E-state index is 0.139. The molecule has 1 rings (SSSR count). The molecule has 0 spiro atoms. The van der Waals surface area contributed by atoms with Crippen LogP contribution >= 0.6 is 0 Å². The first kappa shape index (κ1) is 8.53. The lowest BCUT2D eigenvalue weighted by Gasteiger charge is -2.09. The molecule has 0 radical (unpaired) electrons. The van der Waals surface area contributed by atoms with Gasteiger partial charge in [-0.3, -0.25) is 4.79 Å². The van der Waals surface area contributed by atoms with Gasteiger partial charge in [-0.05, 0) is 12.8 Å². The van der Waals surface area contributed by atoms with Crippen LogP contribution in [0, 0.1) is 0 Å². The summed E-state index contributed by atoms with van der Waals surface area (Å²) < 4.78 is 10.1. The van der Waals surface area contributed by atoms with Crippen LogP contribution in [0.2, 0.25) is 0 Å². The molecule has 1 saturated heterocycles. The summed E-state index contributed by atoms with van der Waals surface area (Å²) in [5, 5.41) is 0. The number of ether oxygens (including phenoxy) is 2. The summed E-state index contributed by atoms with van der Waals surface area (Å²) in [7, 11) is 0. The van der Waals surface area contributed by atoms with Gasteiger partial charge in [0.2, 0.25) is 6.29 Å². The van der Waals surface area contributed by atoms with Crippen LogP contribution < -0.4 is 0 Å². The third kappa shape index (κ3) is 2.89. The second kappa shape index (κ2) is 4.34. The van der Waals surface area contributed by atoms with E-state index in [1.54, 1.807) is 0 Å². The smallest absolute Gasteiger partial charge is 0.308 e. The molecule has 64 valence electrons. The van der Waals surface area contributed by atoms with Gasteiger partial charge in [-0.15, -0.1) is 0 Å². The SMILES string of the molecule is CCCC(=O)OC1CCCO1. The second-order valence-corrected chi connectivity index (χ2v) is 2.68. The summed E-state index contributed by atoms with van der Waals surface area (Å²) in [6.07, 6.45) is 2.94. The Morgan fingerprint density at radius 3 is 3.09 bits per heavy atom. The van der Waals surface area contributed by atoms with E-state index in [0.29, 0.717) is 6.42 Å².